The molecule has 1 aliphatic rings. The average molecular weight is 408 g/mol. The Labute approximate surface area is 167 Å². The Morgan fingerprint density at radius 3 is 2.93 bits per heavy atom. The summed E-state index contributed by atoms with van der Waals surface area (Å²) in [5.41, 5.74) is 1.82. The van der Waals surface area contributed by atoms with Crippen LogP contribution in [0.25, 0.3) is 0 Å². The molecule has 1 aromatic heterocycles. The summed E-state index contributed by atoms with van der Waals surface area (Å²) in [5.74, 6) is 0.614. The smallest absolute Gasteiger partial charge is 0.264 e. The fourth-order valence-electron chi connectivity index (χ4n) is 2.89. The largest absolute Gasteiger partial charge is 0.497 e. The zero-order chi connectivity index (χ0) is 19.4. The number of nitrogens with zero attached hydrogens (tertiary/aromatic N) is 2. The highest BCUT2D eigenvalue weighted by Crippen LogP contribution is 2.27. The first-order chi connectivity index (χ1) is 13.0. The standard InChI is InChI=1S/C19H22ClN3O3S/c1-23(2)15(12-5-4-6-13(9-12)25-3)11-21-19(24)16-10-14(22-26-16)17-7-8-18(20)27-17/h4-9,15-16H,10-11H2,1-3H3,(H,21,24). The molecule has 1 N–H and O–H groups in total. The van der Waals surface area contributed by atoms with Gasteiger partial charge in [0.05, 0.1) is 22.4 Å². The number of ether oxygens (including phenoxy) is 1. The number of carbonyl (C=O) groups is 1. The van der Waals surface area contributed by atoms with E-state index < -0.39 is 6.10 Å². The second kappa shape index (κ2) is 8.73. The third kappa shape index (κ3) is 4.80. The van der Waals surface area contributed by atoms with Gasteiger partial charge in [-0.05, 0) is 43.9 Å². The molecule has 6 nitrogen and oxygen atoms in total. The van der Waals surface area contributed by atoms with Gasteiger partial charge in [-0.25, -0.2) is 0 Å². The van der Waals surface area contributed by atoms with Crippen molar-refractivity contribution in [2.24, 2.45) is 5.16 Å². The molecule has 0 saturated heterocycles. The molecule has 0 aliphatic carbocycles. The van der Waals surface area contributed by atoms with Gasteiger partial charge in [-0.15, -0.1) is 11.3 Å². The van der Waals surface area contributed by atoms with Crippen LogP contribution in [0.1, 0.15) is 22.9 Å². The minimum absolute atomic E-state index is 0.0157. The van der Waals surface area contributed by atoms with Crippen molar-refractivity contribution >= 4 is 34.6 Å². The Hall–Kier alpha value is -2.09. The molecule has 3 rings (SSSR count). The van der Waals surface area contributed by atoms with E-state index in [9.17, 15) is 4.79 Å². The van der Waals surface area contributed by atoms with Gasteiger partial charge in [0.15, 0.2) is 0 Å². The van der Waals surface area contributed by atoms with Crippen molar-refractivity contribution in [3.8, 4) is 5.75 Å². The monoisotopic (exact) mass is 407 g/mol. The van der Waals surface area contributed by atoms with Crippen molar-refractivity contribution in [3.05, 3.63) is 51.2 Å². The van der Waals surface area contributed by atoms with E-state index in [0.29, 0.717) is 17.3 Å². The molecule has 1 aromatic carbocycles. The molecule has 1 aliphatic heterocycles. The van der Waals surface area contributed by atoms with Crippen LogP contribution in [0.2, 0.25) is 4.34 Å². The molecule has 27 heavy (non-hydrogen) atoms. The number of methoxy groups -OCH3 is 1. The van der Waals surface area contributed by atoms with Crippen molar-refractivity contribution < 1.29 is 14.4 Å². The van der Waals surface area contributed by atoms with Crippen LogP contribution < -0.4 is 10.1 Å². The van der Waals surface area contributed by atoms with Crippen molar-refractivity contribution in [1.82, 2.24) is 10.2 Å². The molecule has 1 amide bonds. The highest BCUT2D eigenvalue weighted by molar-refractivity contribution is 7.18. The average Bonchev–Trinajstić information content (AvgIpc) is 3.30. The number of halogens is 1. The Kier molecular flexibility index (Phi) is 6.36. The quantitative estimate of drug-likeness (QED) is 0.764. The summed E-state index contributed by atoms with van der Waals surface area (Å²) >= 11 is 7.39. The summed E-state index contributed by atoms with van der Waals surface area (Å²) in [4.78, 5) is 20.8. The molecule has 8 heteroatoms. The predicted octanol–water partition coefficient (Wildman–Crippen LogP) is 3.32. The zero-order valence-corrected chi connectivity index (χ0v) is 17.0. The van der Waals surface area contributed by atoms with E-state index in [-0.39, 0.29) is 11.9 Å². The first kappa shape index (κ1) is 19.7. The first-order valence-electron chi connectivity index (χ1n) is 8.54. The second-order valence-electron chi connectivity index (χ2n) is 6.44. The minimum Gasteiger partial charge on any atom is -0.497 e. The molecule has 0 radical (unpaired) electrons. The highest BCUT2D eigenvalue weighted by atomic mass is 35.5. The van der Waals surface area contributed by atoms with Crippen LogP contribution in [0.4, 0.5) is 0 Å². The van der Waals surface area contributed by atoms with E-state index in [1.54, 1.807) is 7.11 Å². The van der Waals surface area contributed by atoms with Crippen LogP contribution >= 0.6 is 22.9 Å². The molecule has 0 fully saturated rings. The number of nitrogens with one attached hydrogen (secondary N) is 1. The van der Waals surface area contributed by atoms with Crippen molar-refractivity contribution in [3.63, 3.8) is 0 Å². The second-order valence-corrected chi connectivity index (χ2v) is 8.16. The summed E-state index contributed by atoms with van der Waals surface area (Å²) in [7, 11) is 5.59. The summed E-state index contributed by atoms with van der Waals surface area (Å²) < 4.78 is 5.99. The summed E-state index contributed by atoms with van der Waals surface area (Å²) in [6.07, 6.45) is -0.178. The normalized spacial score (nSPS) is 17.4. The summed E-state index contributed by atoms with van der Waals surface area (Å²) in [5, 5.41) is 7.02. The van der Waals surface area contributed by atoms with Crippen molar-refractivity contribution in [2.75, 3.05) is 27.7 Å². The molecule has 0 spiro atoms. The molecule has 0 saturated carbocycles. The van der Waals surface area contributed by atoms with Crippen LogP contribution in [-0.4, -0.2) is 50.4 Å². The number of benzene rings is 1. The third-order valence-corrected chi connectivity index (χ3v) is 5.67. The van der Waals surface area contributed by atoms with Crippen LogP contribution in [0.5, 0.6) is 5.75 Å². The topological polar surface area (TPSA) is 63.2 Å². The summed E-state index contributed by atoms with van der Waals surface area (Å²) in [6, 6.07) is 11.6. The van der Waals surface area contributed by atoms with Gasteiger partial charge in [-0.3, -0.25) is 4.79 Å². The van der Waals surface area contributed by atoms with E-state index in [0.717, 1.165) is 21.9 Å². The number of carbonyl (C=O) groups excluding carboxylic acids is 1. The fourth-order valence-corrected chi connectivity index (χ4v) is 3.92. The number of likely N-dealkylation sites (N-methyl/N-ethyl adjacent to an activating group) is 1. The molecule has 2 atom stereocenters. The van der Waals surface area contributed by atoms with Crippen LogP contribution in [0.3, 0.4) is 0 Å². The number of rotatable bonds is 7. The SMILES string of the molecule is COc1cccc(C(CNC(=O)C2CC(c3ccc(Cl)s3)=NO2)N(C)C)c1. The molecule has 144 valence electrons. The Bertz CT molecular complexity index is 837. The first-order valence-corrected chi connectivity index (χ1v) is 9.74. The van der Waals surface area contributed by atoms with Gasteiger partial charge in [0.1, 0.15) is 11.5 Å². The highest BCUT2D eigenvalue weighted by Gasteiger charge is 2.30. The lowest BCUT2D eigenvalue weighted by Crippen LogP contribution is -2.40. The maximum atomic E-state index is 12.5. The van der Waals surface area contributed by atoms with Gasteiger partial charge in [0, 0.05) is 13.0 Å². The zero-order valence-electron chi connectivity index (χ0n) is 15.4. The minimum atomic E-state index is -0.617. The van der Waals surface area contributed by atoms with E-state index in [1.165, 1.54) is 11.3 Å². The van der Waals surface area contributed by atoms with Gasteiger partial charge in [-0.2, -0.15) is 0 Å². The molecule has 0 bridgehead atoms. The lowest BCUT2D eigenvalue weighted by molar-refractivity contribution is -0.131. The van der Waals surface area contributed by atoms with E-state index >= 15 is 0 Å². The number of amides is 1. The Balaban J connectivity index is 1.59. The molecule has 2 unspecified atom stereocenters. The maximum absolute atomic E-state index is 12.5. The van der Waals surface area contributed by atoms with Gasteiger partial charge in [0.2, 0.25) is 6.10 Å². The Morgan fingerprint density at radius 1 is 1.44 bits per heavy atom. The molecular formula is C19H22ClN3O3S. The van der Waals surface area contributed by atoms with Gasteiger partial charge >= 0.3 is 0 Å². The Morgan fingerprint density at radius 2 is 2.26 bits per heavy atom. The predicted molar refractivity (Wildman–Crippen MR) is 108 cm³/mol. The van der Waals surface area contributed by atoms with Gasteiger partial charge in [-0.1, -0.05) is 28.9 Å². The molecule has 2 aromatic rings. The third-order valence-electron chi connectivity index (χ3n) is 4.39. The van der Waals surface area contributed by atoms with E-state index in [2.05, 4.69) is 15.4 Å². The molecular weight excluding hydrogens is 386 g/mol. The number of hydrogen-bond donors (Lipinski definition) is 1. The maximum Gasteiger partial charge on any atom is 0.264 e. The lowest BCUT2D eigenvalue weighted by Gasteiger charge is -2.25. The van der Waals surface area contributed by atoms with Crippen LogP contribution in [0.15, 0.2) is 41.6 Å². The van der Waals surface area contributed by atoms with Gasteiger partial charge in [0.25, 0.3) is 5.91 Å². The number of hydrogen-bond acceptors (Lipinski definition) is 6. The number of thiophene rings is 1. The number of oxime groups is 1. The van der Waals surface area contributed by atoms with Crippen molar-refractivity contribution in [1.29, 1.82) is 0 Å². The van der Waals surface area contributed by atoms with Crippen molar-refractivity contribution in [2.45, 2.75) is 18.6 Å². The summed E-state index contributed by atoms with van der Waals surface area (Å²) in [6.45, 7) is 0.457. The van der Waals surface area contributed by atoms with E-state index in [1.807, 2.05) is 50.5 Å². The lowest BCUT2D eigenvalue weighted by atomic mass is 10.1. The van der Waals surface area contributed by atoms with Gasteiger partial charge < -0.3 is 19.8 Å². The fraction of sp³-hybridized carbons (Fsp3) is 0.368. The van der Waals surface area contributed by atoms with Crippen LogP contribution in [-0.2, 0) is 9.63 Å². The van der Waals surface area contributed by atoms with Crippen LogP contribution in [0, 0.1) is 0 Å². The molecule has 2 heterocycles. The van der Waals surface area contributed by atoms with E-state index in [4.69, 9.17) is 21.2 Å².